The van der Waals surface area contributed by atoms with Crippen molar-refractivity contribution < 1.29 is 4.39 Å². The van der Waals surface area contributed by atoms with Crippen LogP contribution < -0.4 is 5.32 Å². The maximum absolute atomic E-state index is 13.5. The van der Waals surface area contributed by atoms with Gasteiger partial charge in [-0.2, -0.15) is 0 Å². The van der Waals surface area contributed by atoms with E-state index in [4.69, 9.17) is 0 Å². The molecule has 0 bridgehead atoms. The highest BCUT2D eigenvalue weighted by molar-refractivity contribution is 9.10. The average molecular weight is 348 g/mol. The molecule has 0 spiro atoms. The summed E-state index contributed by atoms with van der Waals surface area (Å²) in [5.41, 5.74) is 3.88. The maximum atomic E-state index is 13.5. The van der Waals surface area contributed by atoms with E-state index in [1.165, 1.54) is 16.7 Å². The minimum atomic E-state index is -0.195. The average Bonchev–Trinajstić information content (AvgIpc) is 2.50. The van der Waals surface area contributed by atoms with Crippen molar-refractivity contribution in [3.8, 4) is 0 Å². The summed E-state index contributed by atoms with van der Waals surface area (Å²) in [6.07, 6.45) is 1.08. The van der Waals surface area contributed by atoms with Crippen LogP contribution in [0.15, 0.2) is 46.9 Å². The van der Waals surface area contributed by atoms with Crippen LogP contribution in [0.1, 0.15) is 34.9 Å². The number of aryl methyl sites for hydroxylation is 1. The third-order valence-electron chi connectivity index (χ3n) is 4.32. The number of nitrogens with one attached hydrogen (secondary N) is 1. The van der Waals surface area contributed by atoms with Crippen LogP contribution in [0.25, 0.3) is 0 Å². The molecule has 1 heterocycles. The summed E-state index contributed by atoms with van der Waals surface area (Å²) in [6.45, 7) is 4.12. The number of rotatable bonds is 2. The van der Waals surface area contributed by atoms with Crippen molar-refractivity contribution >= 4 is 15.9 Å². The second-order valence-electron chi connectivity index (χ2n) is 5.79. The first-order valence-corrected chi connectivity index (χ1v) is 8.16. The number of hydrogen-bond donors (Lipinski definition) is 1. The number of halogens is 2. The Bertz CT molecular complexity index is 641. The van der Waals surface area contributed by atoms with Crippen molar-refractivity contribution in [3.63, 3.8) is 0 Å². The third-order valence-corrected chi connectivity index (χ3v) is 4.93. The summed E-state index contributed by atoms with van der Waals surface area (Å²) < 4.78 is 14.0. The van der Waals surface area contributed by atoms with Crippen molar-refractivity contribution in [2.24, 2.45) is 0 Å². The van der Waals surface area contributed by atoms with E-state index in [2.05, 4.69) is 52.4 Å². The van der Waals surface area contributed by atoms with Crippen molar-refractivity contribution in [1.29, 1.82) is 0 Å². The Balaban J connectivity index is 1.96. The van der Waals surface area contributed by atoms with Gasteiger partial charge in [-0.25, -0.2) is 4.39 Å². The van der Waals surface area contributed by atoms with Crippen molar-refractivity contribution in [2.75, 3.05) is 13.1 Å². The van der Waals surface area contributed by atoms with Gasteiger partial charge in [-0.05, 0) is 65.0 Å². The van der Waals surface area contributed by atoms with E-state index in [-0.39, 0.29) is 5.82 Å². The molecular formula is C18H19BrFN. The lowest BCUT2D eigenvalue weighted by atomic mass is 9.77. The first kappa shape index (κ1) is 14.7. The predicted octanol–water partition coefficient (Wildman–Crippen LogP) is 4.76. The minimum Gasteiger partial charge on any atom is -0.316 e. The van der Waals surface area contributed by atoms with Gasteiger partial charge in [0.05, 0.1) is 4.47 Å². The Morgan fingerprint density at radius 1 is 1.10 bits per heavy atom. The summed E-state index contributed by atoms with van der Waals surface area (Å²) in [5.74, 6) is 0.681. The molecular weight excluding hydrogens is 329 g/mol. The summed E-state index contributed by atoms with van der Waals surface area (Å²) in [5, 5.41) is 3.49. The van der Waals surface area contributed by atoms with E-state index < -0.39 is 0 Å². The number of piperidine rings is 1. The van der Waals surface area contributed by atoms with Gasteiger partial charge < -0.3 is 5.32 Å². The molecule has 110 valence electrons. The standard InChI is InChI=1S/C18H19BrFN/c1-12-3-2-4-13(9-12)16-11-21-8-7-15(16)14-5-6-18(20)17(19)10-14/h2-6,9-10,15-16,21H,7-8,11H2,1H3. The Labute approximate surface area is 133 Å². The van der Waals surface area contributed by atoms with Gasteiger partial charge in [-0.3, -0.25) is 0 Å². The Morgan fingerprint density at radius 3 is 2.67 bits per heavy atom. The molecule has 0 aliphatic carbocycles. The van der Waals surface area contributed by atoms with Crippen LogP contribution in [0.4, 0.5) is 4.39 Å². The molecule has 1 aliphatic rings. The largest absolute Gasteiger partial charge is 0.316 e. The molecule has 0 amide bonds. The second kappa shape index (κ2) is 6.29. The van der Waals surface area contributed by atoms with Gasteiger partial charge in [-0.1, -0.05) is 35.9 Å². The molecule has 2 atom stereocenters. The summed E-state index contributed by atoms with van der Waals surface area (Å²) >= 11 is 3.31. The Hall–Kier alpha value is -1.19. The van der Waals surface area contributed by atoms with E-state index in [9.17, 15) is 4.39 Å². The fourth-order valence-electron chi connectivity index (χ4n) is 3.25. The van der Waals surface area contributed by atoms with Crippen LogP contribution in [-0.2, 0) is 0 Å². The summed E-state index contributed by atoms with van der Waals surface area (Å²) in [4.78, 5) is 0. The molecule has 1 fully saturated rings. The lowest BCUT2D eigenvalue weighted by Gasteiger charge is -2.33. The fourth-order valence-corrected chi connectivity index (χ4v) is 3.65. The van der Waals surface area contributed by atoms with Crippen LogP contribution in [-0.4, -0.2) is 13.1 Å². The molecule has 1 saturated heterocycles. The fraction of sp³-hybridized carbons (Fsp3) is 0.333. The minimum absolute atomic E-state index is 0.195. The SMILES string of the molecule is Cc1cccc(C2CNCCC2c2ccc(F)c(Br)c2)c1. The summed E-state index contributed by atoms with van der Waals surface area (Å²) in [6, 6.07) is 14.2. The van der Waals surface area contributed by atoms with Crippen molar-refractivity contribution in [3.05, 3.63) is 69.4 Å². The van der Waals surface area contributed by atoms with Crippen LogP contribution in [0.2, 0.25) is 0 Å². The molecule has 2 aromatic carbocycles. The molecule has 2 aromatic rings. The second-order valence-corrected chi connectivity index (χ2v) is 6.65. The van der Waals surface area contributed by atoms with E-state index in [1.54, 1.807) is 6.07 Å². The maximum Gasteiger partial charge on any atom is 0.137 e. The zero-order valence-corrected chi connectivity index (χ0v) is 13.7. The number of hydrogen-bond acceptors (Lipinski definition) is 1. The molecule has 1 aliphatic heterocycles. The van der Waals surface area contributed by atoms with E-state index in [1.807, 2.05) is 12.1 Å². The molecule has 21 heavy (non-hydrogen) atoms. The van der Waals surface area contributed by atoms with Crippen molar-refractivity contribution in [2.45, 2.75) is 25.2 Å². The van der Waals surface area contributed by atoms with Crippen LogP contribution >= 0.6 is 15.9 Å². The zero-order valence-electron chi connectivity index (χ0n) is 12.1. The first-order valence-electron chi connectivity index (χ1n) is 7.37. The van der Waals surface area contributed by atoms with Crippen LogP contribution in [0, 0.1) is 12.7 Å². The zero-order chi connectivity index (χ0) is 14.8. The predicted molar refractivity (Wildman–Crippen MR) is 88.2 cm³/mol. The van der Waals surface area contributed by atoms with Gasteiger partial charge in [-0.15, -0.1) is 0 Å². The van der Waals surface area contributed by atoms with Gasteiger partial charge in [0.25, 0.3) is 0 Å². The van der Waals surface area contributed by atoms with E-state index in [0.717, 1.165) is 19.5 Å². The molecule has 3 heteroatoms. The highest BCUT2D eigenvalue weighted by atomic mass is 79.9. The highest BCUT2D eigenvalue weighted by Gasteiger charge is 2.28. The van der Waals surface area contributed by atoms with E-state index in [0.29, 0.717) is 16.3 Å². The van der Waals surface area contributed by atoms with Crippen molar-refractivity contribution in [1.82, 2.24) is 5.32 Å². The van der Waals surface area contributed by atoms with Gasteiger partial charge in [0, 0.05) is 12.5 Å². The topological polar surface area (TPSA) is 12.0 Å². The quantitative estimate of drug-likeness (QED) is 0.825. The first-order chi connectivity index (χ1) is 10.1. The lowest BCUT2D eigenvalue weighted by molar-refractivity contribution is 0.403. The smallest absolute Gasteiger partial charge is 0.137 e. The van der Waals surface area contributed by atoms with Crippen LogP contribution in [0.5, 0.6) is 0 Å². The van der Waals surface area contributed by atoms with Gasteiger partial charge in [0.2, 0.25) is 0 Å². The third kappa shape index (κ3) is 3.19. The monoisotopic (exact) mass is 347 g/mol. The van der Waals surface area contributed by atoms with Gasteiger partial charge >= 0.3 is 0 Å². The molecule has 1 N–H and O–H groups in total. The lowest BCUT2D eigenvalue weighted by Crippen LogP contribution is -2.34. The Morgan fingerprint density at radius 2 is 1.90 bits per heavy atom. The molecule has 0 radical (unpaired) electrons. The Kier molecular flexibility index (Phi) is 4.41. The molecule has 3 rings (SSSR count). The molecule has 0 saturated carbocycles. The molecule has 2 unspecified atom stereocenters. The highest BCUT2D eigenvalue weighted by Crippen LogP contribution is 2.38. The molecule has 0 aromatic heterocycles. The van der Waals surface area contributed by atoms with Crippen LogP contribution in [0.3, 0.4) is 0 Å². The molecule has 1 nitrogen and oxygen atoms in total. The summed E-state index contributed by atoms with van der Waals surface area (Å²) in [7, 11) is 0. The van der Waals surface area contributed by atoms with Gasteiger partial charge in [0.1, 0.15) is 5.82 Å². The normalized spacial score (nSPS) is 22.2. The van der Waals surface area contributed by atoms with E-state index >= 15 is 0 Å². The number of benzene rings is 2. The van der Waals surface area contributed by atoms with Gasteiger partial charge in [0.15, 0.2) is 0 Å².